The average molecular weight is 717 g/mol. The van der Waals surface area contributed by atoms with Crippen molar-refractivity contribution in [2.75, 3.05) is 0 Å². The van der Waals surface area contributed by atoms with E-state index in [4.69, 9.17) is 15.0 Å². The molecule has 0 N–H and O–H groups in total. The second kappa shape index (κ2) is 14.4. The second-order valence-electron chi connectivity index (χ2n) is 14.0. The quantitative estimate of drug-likeness (QED) is 0.157. The van der Waals surface area contributed by atoms with Crippen molar-refractivity contribution in [3.63, 3.8) is 0 Å². The Morgan fingerprint density at radius 2 is 0.714 bits per heavy atom. The third-order valence-electron chi connectivity index (χ3n) is 10.5. The summed E-state index contributed by atoms with van der Waals surface area (Å²) in [5.41, 5.74) is 13.6. The van der Waals surface area contributed by atoms with Crippen LogP contribution in [0, 0.1) is 0 Å². The number of benzene rings is 8. The second-order valence-corrected chi connectivity index (χ2v) is 14.0. The van der Waals surface area contributed by atoms with Gasteiger partial charge in [0.2, 0.25) is 0 Å². The summed E-state index contributed by atoms with van der Waals surface area (Å²) in [6.45, 7) is 0. The molecule has 10 rings (SSSR count). The van der Waals surface area contributed by atoms with E-state index in [0.717, 1.165) is 39.9 Å². The van der Waals surface area contributed by atoms with E-state index >= 15 is 0 Å². The van der Waals surface area contributed by atoms with Gasteiger partial charge in [-0.3, -0.25) is 0 Å². The van der Waals surface area contributed by atoms with Crippen LogP contribution in [0.15, 0.2) is 206 Å². The topological polar surface area (TPSA) is 43.6 Å². The van der Waals surface area contributed by atoms with Gasteiger partial charge in [-0.2, -0.15) is 0 Å². The van der Waals surface area contributed by atoms with Crippen LogP contribution in [0.3, 0.4) is 0 Å². The summed E-state index contributed by atoms with van der Waals surface area (Å²) in [5.74, 6) is 1.94. The first-order chi connectivity index (χ1) is 27.8. The van der Waals surface area contributed by atoms with Gasteiger partial charge >= 0.3 is 0 Å². The lowest BCUT2D eigenvalue weighted by Gasteiger charge is -2.17. The van der Waals surface area contributed by atoms with Crippen molar-refractivity contribution in [3.8, 4) is 62.1 Å². The highest BCUT2D eigenvalue weighted by Gasteiger charge is 2.18. The molecule has 0 bridgehead atoms. The van der Waals surface area contributed by atoms with Crippen LogP contribution in [-0.4, -0.2) is 19.5 Å². The number of aromatic nitrogens is 4. The average Bonchev–Trinajstić information content (AvgIpc) is 3.62. The van der Waals surface area contributed by atoms with E-state index in [1.54, 1.807) is 0 Å². The largest absolute Gasteiger partial charge is 0.309 e. The molecule has 2 aromatic heterocycles. The maximum absolute atomic E-state index is 5.05. The van der Waals surface area contributed by atoms with E-state index in [1.807, 2.05) is 60.7 Å². The standard InChI is InChI=1S/C52H36N4/c1-5-17-36(18-6-1)46-34-42(52-54-50(38-21-9-3-10-22-38)53-51(55-52)39-23-11-4-12-24-39)30-29-40(46)33-41-31-32-43(35-47(41)37-19-7-2-8-20-37)56-48-27-15-13-25-44(48)45-26-14-16-28-49(45)56/h1-32,34-35H,33H2. The van der Waals surface area contributed by atoms with Crippen LogP contribution < -0.4 is 0 Å². The molecule has 0 radical (unpaired) electrons. The van der Waals surface area contributed by atoms with Gasteiger partial charge in [-0.05, 0) is 70.1 Å². The highest BCUT2D eigenvalue weighted by atomic mass is 15.0. The number of hydrogen-bond donors (Lipinski definition) is 0. The van der Waals surface area contributed by atoms with Gasteiger partial charge in [0.25, 0.3) is 0 Å². The maximum Gasteiger partial charge on any atom is 0.164 e. The minimum absolute atomic E-state index is 0.641. The molecule has 0 saturated heterocycles. The van der Waals surface area contributed by atoms with Gasteiger partial charge < -0.3 is 4.57 Å². The van der Waals surface area contributed by atoms with Crippen molar-refractivity contribution >= 4 is 21.8 Å². The van der Waals surface area contributed by atoms with E-state index < -0.39 is 0 Å². The molecule has 8 aromatic carbocycles. The lowest BCUT2D eigenvalue weighted by Crippen LogP contribution is -2.02. The van der Waals surface area contributed by atoms with Crippen molar-refractivity contribution < 1.29 is 0 Å². The summed E-state index contributed by atoms with van der Waals surface area (Å²) >= 11 is 0. The van der Waals surface area contributed by atoms with Crippen LogP contribution in [0.4, 0.5) is 0 Å². The third-order valence-corrected chi connectivity index (χ3v) is 10.5. The molecule has 0 fully saturated rings. The molecule has 264 valence electrons. The molecule has 2 heterocycles. The fourth-order valence-electron chi connectivity index (χ4n) is 7.84. The molecule has 0 amide bonds. The van der Waals surface area contributed by atoms with Crippen molar-refractivity contribution in [3.05, 3.63) is 217 Å². The van der Waals surface area contributed by atoms with Gasteiger partial charge in [-0.25, -0.2) is 15.0 Å². The zero-order valence-corrected chi connectivity index (χ0v) is 30.6. The van der Waals surface area contributed by atoms with Gasteiger partial charge in [0, 0.05) is 33.2 Å². The smallest absolute Gasteiger partial charge is 0.164 e. The molecule has 4 heteroatoms. The summed E-state index contributed by atoms with van der Waals surface area (Å²) in [4.78, 5) is 15.0. The predicted octanol–water partition coefficient (Wildman–Crippen LogP) is 12.9. The van der Waals surface area contributed by atoms with Gasteiger partial charge in [0.05, 0.1) is 11.0 Å². The van der Waals surface area contributed by atoms with Crippen molar-refractivity contribution in [1.82, 2.24) is 19.5 Å². The van der Waals surface area contributed by atoms with E-state index in [2.05, 4.69) is 150 Å². The van der Waals surface area contributed by atoms with Crippen molar-refractivity contribution in [2.24, 2.45) is 0 Å². The number of hydrogen-bond acceptors (Lipinski definition) is 3. The van der Waals surface area contributed by atoms with Crippen molar-refractivity contribution in [2.45, 2.75) is 6.42 Å². The maximum atomic E-state index is 5.05. The van der Waals surface area contributed by atoms with Crippen LogP contribution in [0.2, 0.25) is 0 Å². The van der Waals surface area contributed by atoms with Gasteiger partial charge in [0.1, 0.15) is 0 Å². The summed E-state index contributed by atoms with van der Waals surface area (Å²) in [7, 11) is 0. The highest BCUT2D eigenvalue weighted by molar-refractivity contribution is 6.09. The van der Waals surface area contributed by atoms with Crippen LogP contribution in [0.5, 0.6) is 0 Å². The summed E-state index contributed by atoms with van der Waals surface area (Å²) in [6.07, 6.45) is 0.740. The van der Waals surface area contributed by atoms with Gasteiger partial charge in [0.15, 0.2) is 17.5 Å². The predicted molar refractivity (Wildman–Crippen MR) is 231 cm³/mol. The molecule has 56 heavy (non-hydrogen) atoms. The Labute approximate surface area is 326 Å². The Bertz CT molecular complexity index is 2860. The molecule has 0 atom stereocenters. The lowest BCUT2D eigenvalue weighted by molar-refractivity contribution is 1.07. The Kier molecular flexibility index (Phi) is 8.54. The first kappa shape index (κ1) is 33.2. The number of rotatable bonds is 8. The van der Waals surface area contributed by atoms with Crippen LogP contribution in [0.1, 0.15) is 11.1 Å². The van der Waals surface area contributed by atoms with E-state index in [1.165, 1.54) is 44.1 Å². The normalized spacial score (nSPS) is 11.3. The fourth-order valence-corrected chi connectivity index (χ4v) is 7.84. The van der Waals surface area contributed by atoms with Crippen molar-refractivity contribution in [1.29, 1.82) is 0 Å². The molecule has 0 aliphatic carbocycles. The monoisotopic (exact) mass is 716 g/mol. The Hall–Kier alpha value is -7.43. The van der Waals surface area contributed by atoms with Gasteiger partial charge in [-0.1, -0.05) is 176 Å². The number of fused-ring (bicyclic) bond motifs is 3. The molecule has 10 aromatic rings. The highest BCUT2D eigenvalue weighted by Crippen LogP contribution is 2.37. The van der Waals surface area contributed by atoms with E-state index in [-0.39, 0.29) is 0 Å². The minimum Gasteiger partial charge on any atom is -0.309 e. The Morgan fingerprint density at radius 3 is 1.21 bits per heavy atom. The fraction of sp³-hybridized carbons (Fsp3) is 0.0192. The first-order valence-corrected chi connectivity index (χ1v) is 19.0. The number of nitrogens with zero attached hydrogens (tertiary/aromatic N) is 4. The van der Waals surface area contributed by atoms with E-state index in [9.17, 15) is 0 Å². The molecule has 0 aliphatic rings. The number of para-hydroxylation sites is 2. The summed E-state index contributed by atoms with van der Waals surface area (Å²) < 4.78 is 2.40. The molecule has 4 nitrogen and oxygen atoms in total. The zero-order chi connectivity index (χ0) is 37.3. The molecule has 0 saturated carbocycles. The van der Waals surface area contributed by atoms with Crippen LogP contribution >= 0.6 is 0 Å². The first-order valence-electron chi connectivity index (χ1n) is 19.0. The summed E-state index contributed by atoms with van der Waals surface area (Å²) in [6, 6.07) is 72.7. The van der Waals surface area contributed by atoms with Crippen LogP contribution in [0.25, 0.3) is 83.9 Å². The zero-order valence-electron chi connectivity index (χ0n) is 30.6. The SMILES string of the molecule is c1ccc(-c2nc(-c3ccccc3)nc(-c3ccc(Cc4ccc(-n5c6ccccc6c6ccccc65)cc4-c4ccccc4)c(-c4ccccc4)c3)n2)cc1. The minimum atomic E-state index is 0.641. The molecular formula is C52H36N4. The summed E-state index contributed by atoms with van der Waals surface area (Å²) in [5, 5.41) is 2.51. The Morgan fingerprint density at radius 1 is 0.321 bits per heavy atom. The van der Waals surface area contributed by atoms with Gasteiger partial charge in [-0.15, -0.1) is 0 Å². The molecule has 0 spiro atoms. The molecule has 0 unspecified atom stereocenters. The molecule has 0 aliphatic heterocycles. The molecular weight excluding hydrogens is 681 g/mol. The lowest BCUT2D eigenvalue weighted by atomic mass is 9.89. The van der Waals surface area contributed by atoms with E-state index in [0.29, 0.717) is 17.5 Å². The Balaban J connectivity index is 1.12. The third kappa shape index (κ3) is 6.23. The van der Waals surface area contributed by atoms with Crippen LogP contribution in [-0.2, 0) is 6.42 Å².